The first-order chi connectivity index (χ1) is 45.9. The van der Waals surface area contributed by atoms with Gasteiger partial charge in [-0.05, 0) is 68.8 Å². The minimum Gasteiger partial charge on any atom is -0.508 e. The molecule has 0 saturated carbocycles. The van der Waals surface area contributed by atoms with Crippen molar-refractivity contribution in [2.75, 3.05) is 33.5 Å². The number of rotatable bonds is 34. The van der Waals surface area contributed by atoms with E-state index in [1.807, 2.05) is 0 Å². The predicted molar refractivity (Wildman–Crippen MR) is 336 cm³/mol. The number of nitrogens with one attached hydrogen (secondary N) is 7. The number of aliphatic hydroxyl groups excluding tert-OH is 4. The van der Waals surface area contributed by atoms with Crippen molar-refractivity contribution in [2.45, 2.75) is 170 Å². The fourth-order valence-corrected chi connectivity index (χ4v) is 11.5. The molecule has 0 bridgehead atoms. The zero-order valence-corrected chi connectivity index (χ0v) is 53.7. The maximum absolute atomic E-state index is 14.5. The maximum atomic E-state index is 14.5. The van der Waals surface area contributed by atoms with Crippen molar-refractivity contribution in [3.8, 4) is 23.0 Å². The van der Waals surface area contributed by atoms with Gasteiger partial charge in [-0.15, -0.1) is 0 Å². The summed E-state index contributed by atoms with van der Waals surface area (Å²) in [5.74, 6) is -15.0. The number of aromatic hydroxyl groups is 3. The van der Waals surface area contributed by atoms with Crippen molar-refractivity contribution in [2.24, 2.45) is 28.9 Å². The summed E-state index contributed by atoms with van der Waals surface area (Å²) >= 11 is 0. The molecule has 9 amide bonds. The fraction of sp³-hybridized carbons (Fsp3) is 0.524. The Hall–Kier alpha value is -9.26. The van der Waals surface area contributed by atoms with Gasteiger partial charge in [-0.1, -0.05) is 44.5 Å². The molecule has 0 unspecified atom stereocenters. The highest BCUT2D eigenvalue weighted by molar-refractivity contribution is 6.31. The Bertz CT molecular complexity index is 3460. The molecular formula is C63H85N11O23. The summed E-state index contributed by atoms with van der Waals surface area (Å²) in [6.45, 7) is 1.38. The molecule has 23 N–H and O–H groups in total. The van der Waals surface area contributed by atoms with Crippen LogP contribution in [-0.2, 0) is 70.3 Å². The number of hydrogen-bond donors (Lipinski definition) is 19. The number of ketones is 3. The van der Waals surface area contributed by atoms with Crippen molar-refractivity contribution < 1.29 is 113 Å². The summed E-state index contributed by atoms with van der Waals surface area (Å²) in [6.07, 6.45) is -9.25. The van der Waals surface area contributed by atoms with Gasteiger partial charge in [-0.2, -0.15) is 0 Å². The van der Waals surface area contributed by atoms with Gasteiger partial charge in [-0.3, -0.25) is 57.5 Å². The number of hydrogen-bond acceptors (Lipinski definition) is 25. The van der Waals surface area contributed by atoms with Crippen LogP contribution >= 0.6 is 0 Å². The van der Waals surface area contributed by atoms with Crippen molar-refractivity contribution in [1.29, 1.82) is 0 Å². The van der Waals surface area contributed by atoms with Gasteiger partial charge in [-0.25, -0.2) is 0 Å². The minimum absolute atomic E-state index is 0.0193. The molecule has 34 heteroatoms. The van der Waals surface area contributed by atoms with Gasteiger partial charge < -0.3 is 115 Å². The van der Waals surface area contributed by atoms with Crippen molar-refractivity contribution in [3.63, 3.8) is 0 Å². The summed E-state index contributed by atoms with van der Waals surface area (Å²) in [5, 5.41) is 105. The van der Waals surface area contributed by atoms with Crippen molar-refractivity contribution >= 4 is 70.5 Å². The Labute approximate surface area is 555 Å². The monoisotopic (exact) mass is 1360 g/mol. The van der Waals surface area contributed by atoms with Crippen LogP contribution in [0.4, 0.5) is 0 Å². The number of phenols is 3. The number of primary amides is 2. The van der Waals surface area contributed by atoms with Gasteiger partial charge in [0, 0.05) is 48.8 Å². The summed E-state index contributed by atoms with van der Waals surface area (Å²) in [4.78, 5) is 163. The minimum atomic E-state index is -2.54. The summed E-state index contributed by atoms with van der Waals surface area (Å²) in [6, 6.07) is -3.49. The van der Waals surface area contributed by atoms with Gasteiger partial charge in [0.25, 0.3) is 0 Å². The average Bonchev–Trinajstić information content (AvgIpc) is 0.712. The molecule has 6 rings (SSSR count). The fourth-order valence-electron chi connectivity index (χ4n) is 11.5. The molecule has 3 aliphatic rings. The molecule has 0 radical (unpaired) electrons. The molecule has 14 atom stereocenters. The number of unbranched alkanes of at least 4 members (excludes halogenated alkanes) is 1. The second kappa shape index (κ2) is 34.1. The predicted octanol–water partition coefficient (Wildman–Crippen LogP) is -5.36. The number of phenolic OH excluding ortho intramolecular Hbond substituents is 3. The number of amides is 9. The van der Waals surface area contributed by atoms with Gasteiger partial charge in [0.2, 0.25) is 58.9 Å². The summed E-state index contributed by atoms with van der Waals surface area (Å²) < 4.78 is 17.5. The maximum Gasteiger partial charge on any atom is 0.245 e. The van der Waals surface area contributed by atoms with E-state index < -0.39 is 248 Å². The van der Waals surface area contributed by atoms with Crippen LogP contribution in [0.15, 0.2) is 42.5 Å². The van der Waals surface area contributed by atoms with Crippen molar-refractivity contribution in [3.05, 3.63) is 81.4 Å². The van der Waals surface area contributed by atoms with Gasteiger partial charge in [0.15, 0.2) is 17.9 Å². The standard InChI is InChI=1S/C63H85N11O23/c1-5-27(2)50(74-58(89)34(10-6-7-18-64)68-56(87)33(65)20-44(67)81)62(93)73-39(25-76)61(92)71-37(19-29-12-14-30(78)15-13-29)59(90)69-35(16-17-43(66)80)57(88)72-38(24-75)60(91)70-36-21-45(96-28(3)51(36)82)97-41-23-63(94,42(79)26-77)22-32-47(41)55(86)49-48(53(32)84)52(83)31-9-8-11-40(95-4)46(31)54(49)85/h8-9,11-15,27-28,33-39,41,45,50-51,75-78,82,84,86,94H,5-7,10,16-26,64-65H2,1-4H3,(H2,66,80)(H2,67,81)(H,68,87)(H,69,90)(H,70,91)(H,71,92)(H,72,88)(H,73,93)(H,74,89)/t27-,28-,33-,34-,35-,36-,37-,38-,39-,41-,45-,50-,51+,63-/m0/s1. The van der Waals surface area contributed by atoms with Crippen LogP contribution in [0.1, 0.15) is 133 Å². The van der Waals surface area contributed by atoms with E-state index in [0.29, 0.717) is 18.4 Å². The highest BCUT2D eigenvalue weighted by atomic mass is 16.7. The third kappa shape index (κ3) is 18.7. The van der Waals surface area contributed by atoms with Crippen LogP contribution in [0.2, 0.25) is 0 Å². The number of carbonyl (C=O) groups excluding carboxylic acids is 12. The molecule has 34 nitrogen and oxygen atoms in total. The third-order valence-electron chi connectivity index (χ3n) is 17.2. The molecule has 530 valence electrons. The molecular weight excluding hydrogens is 1280 g/mol. The SMILES string of the molecule is CC[C@H](C)[C@H](NC(=O)[C@H](CCCCN)NC(=O)[C@@H](N)CC(N)=O)C(=O)N[C@@H](CO)C(=O)N[C@@H](Cc1ccc(O)cc1)C(=O)N[C@@H](CCC(N)=O)C(=O)N[C@@H](CO)C(=O)N[C@H]1C[C@H](O[C@H]2C[C@](O)(C(=O)CO)Cc3c(O)c4c(c(O)c32)C(=O)c2c(OC)cccc2C4=O)O[C@@H](C)[C@H]1O. The molecule has 1 saturated heterocycles. The van der Waals surface area contributed by atoms with E-state index in [0.717, 1.165) is 0 Å². The Balaban J connectivity index is 1.20. The van der Waals surface area contributed by atoms with Gasteiger partial charge in [0.05, 0.1) is 67.7 Å². The van der Waals surface area contributed by atoms with Crippen LogP contribution in [0.3, 0.4) is 0 Å². The lowest BCUT2D eigenvalue weighted by atomic mass is 9.72. The van der Waals surface area contributed by atoms with Gasteiger partial charge in [0.1, 0.15) is 77.6 Å². The molecule has 0 spiro atoms. The molecule has 2 aliphatic carbocycles. The van der Waals surface area contributed by atoms with Gasteiger partial charge >= 0.3 is 0 Å². The number of ether oxygens (including phenoxy) is 3. The zero-order valence-electron chi connectivity index (χ0n) is 53.7. The normalized spacial score (nSPS) is 21.2. The van der Waals surface area contributed by atoms with E-state index in [1.54, 1.807) is 13.8 Å². The molecule has 3 aromatic carbocycles. The van der Waals surface area contributed by atoms with Crippen LogP contribution in [-0.4, -0.2) is 217 Å². The number of carbonyl (C=O) groups is 12. The Morgan fingerprint density at radius 3 is 1.90 bits per heavy atom. The number of fused-ring (bicyclic) bond motifs is 3. The third-order valence-corrected chi connectivity index (χ3v) is 17.2. The van der Waals surface area contributed by atoms with E-state index >= 15 is 0 Å². The van der Waals surface area contributed by atoms with Crippen LogP contribution in [0.25, 0.3) is 0 Å². The highest BCUT2D eigenvalue weighted by Gasteiger charge is 2.51. The largest absolute Gasteiger partial charge is 0.508 e. The lowest BCUT2D eigenvalue weighted by molar-refractivity contribution is -0.249. The van der Waals surface area contributed by atoms with Crippen LogP contribution < -0.4 is 64.9 Å². The molecule has 1 fully saturated rings. The van der Waals surface area contributed by atoms with E-state index in [2.05, 4.69) is 37.2 Å². The first-order valence-electron chi connectivity index (χ1n) is 31.2. The van der Waals surface area contributed by atoms with Crippen LogP contribution in [0.5, 0.6) is 23.0 Å². The Morgan fingerprint density at radius 1 is 0.711 bits per heavy atom. The second-order valence-corrected chi connectivity index (χ2v) is 24.1. The van der Waals surface area contributed by atoms with E-state index in [4.69, 9.17) is 37.1 Å². The topological polar surface area (TPSA) is 583 Å². The number of aliphatic hydroxyl groups is 5. The number of Topliss-reactive ketones (excluding diaryl/α,β-unsaturated/α-hetero) is 1. The Kier molecular flexibility index (Phi) is 27.0. The molecule has 3 aromatic rings. The molecule has 97 heavy (non-hydrogen) atoms. The average molecular weight is 1360 g/mol. The zero-order chi connectivity index (χ0) is 71.9. The van der Waals surface area contributed by atoms with Crippen LogP contribution in [0, 0.1) is 5.92 Å². The number of nitrogens with two attached hydrogens (primary N) is 4. The Morgan fingerprint density at radius 2 is 1.29 bits per heavy atom. The lowest BCUT2D eigenvalue weighted by Crippen LogP contribution is -2.62. The smallest absolute Gasteiger partial charge is 0.245 e. The molecule has 1 heterocycles. The number of methoxy groups -OCH3 is 1. The van der Waals surface area contributed by atoms with E-state index in [9.17, 15) is 98.4 Å². The van der Waals surface area contributed by atoms with Crippen molar-refractivity contribution in [1.82, 2.24) is 37.2 Å². The second-order valence-electron chi connectivity index (χ2n) is 24.1. The first kappa shape index (κ1) is 76.8. The lowest BCUT2D eigenvalue weighted by Gasteiger charge is -2.43. The molecule has 0 aromatic heterocycles. The van der Waals surface area contributed by atoms with E-state index in [-0.39, 0.29) is 47.6 Å². The summed E-state index contributed by atoms with van der Waals surface area (Å²) in [7, 11) is 1.24. The molecule has 1 aliphatic heterocycles. The summed E-state index contributed by atoms with van der Waals surface area (Å²) in [5.41, 5.74) is 17.3. The first-order valence-corrected chi connectivity index (χ1v) is 31.2. The number of benzene rings is 3. The highest BCUT2D eigenvalue weighted by Crippen LogP contribution is 2.52. The van der Waals surface area contributed by atoms with E-state index in [1.165, 1.54) is 56.5 Å². The quantitative estimate of drug-likeness (QED) is 0.0153.